The van der Waals surface area contributed by atoms with Crippen molar-refractivity contribution in [3.05, 3.63) is 30.9 Å². The standard InChI is InChI=1S/C6H6N2/c1-2-6-7-4-3-5-8-6/h2-5H,1H2/p+1. The average molecular weight is 107 g/mol. The Bertz CT molecular complexity index is 169. The third-order valence-corrected chi connectivity index (χ3v) is 0.820. The number of rotatable bonds is 1. The molecule has 0 aliphatic carbocycles. The van der Waals surface area contributed by atoms with Crippen LogP contribution in [0.25, 0.3) is 6.08 Å². The summed E-state index contributed by atoms with van der Waals surface area (Å²) in [4.78, 5) is 6.81. The summed E-state index contributed by atoms with van der Waals surface area (Å²) in [6.07, 6.45) is 5.19. The summed E-state index contributed by atoms with van der Waals surface area (Å²) in [5.74, 6) is 0.799. The van der Waals surface area contributed by atoms with E-state index in [1.807, 2.05) is 12.3 Å². The zero-order valence-corrected chi connectivity index (χ0v) is 4.46. The summed E-state index contributed by atoms with van der Waals surface area (Å²) in [6, 6.07) is 1.83. The molecule has 0 spiro atoms. The molecule has 1 aromatic rings. The van der Waals surface area contributed by atoms with Crippen LogP contribution < -0.4 is 4.98 Å². The third kappa shape index (κ3) is 0.904. The van der Waals surface area contributed by atoms with E-state index in [9.17, 15) is 0 Å². The van der Waals surface area contributed by atoms with E-state index in [0.717, 1.165) is 5.82 Å². The van der Waals surface area contributed by atoms with Gasteiger partial charge in [0, 0.05) is 12.1 Å². The Morgan fingerprint density at radius 3 is 3.00 bits per heavy atom. The number of nitrogens with zero attached hydrogens (tertiary/aromatic N) is 1. The molecule has 2 nitrogen and oxygen atoms in total. The van der Waals surface area contributed by atoms with E-state index in [1.165, 1.54) is 0 Å². The van der Waals surface area contributed by atoms with Crippen LogP contribution in [0.3, 0.4) is 0 Å². The van der Waals surface area contributed by atoms with Crippen molar-refractivity contribution in [3.8, 4) is 0 Å². The molecule has 1 rings (SSSR count). The molecule has 0 atom stereocenters. The van der Waals surface area contributed by atoms with Crippen molar-refractivity contribution in [1.29, 1.82) is 0 Å². The van der Waals surface area contributed by atoms with Crippen LogP contribution in [0.2, 0.25) is 0 Å². The maximum absolute atomic E-state index is 3.92. The minimum absolute atomic E-state index is 0.799. The molecule has 40 valence electrons. The van der Waals surface area contributed by atoms with Crippen molar-refractivity contribution in [1.82, 2.24) is 4.98 Å². The molecule has 0 aliphatic heterocycles. The minimum atomic E-state index is 0.799. The summed E-state index contributed by atoms with van der Waals surface area (Å²) >= 11 is 0. The quantitative estimate of drug-likeness (QED) is 0.514. The SMILES string of the molecule is C=Cc1nccc[nH+]1. The number of hydrogen-bond donors (Lipinski definition) is 0. The fraction of sp³-hybridized carbons (Fsp3) is 0. The normalized spacial score (nSPS) is 8.50. The van der Waals surface area contributed by atoms with Gasteiger partial charge in [-0.25, -0.2) is 4.98 Å². The Morgan fingerprint density at radius 1 is 1.75 bits per heavy atom. The lowest BCUT2D eigenvalue weighted by Gasteiger charge is -1.74. The molecule has 0 unspecified atom stereocenters. The van der Waals surface area contributed by atoms with Gasteiger partial charge in [-0.15, -0.1) is 0 Å². The summed E-state index contributed by atoms with van der Waals surface area (Å²) in [6.45, 7) is 3.54. The predicted octanol–water partition coefficient (Wildman–Crippen LogP) is 0.539. The van der Waals surface area contributed by atoms with Gasteiger partial charge in [0.2, 0.25) is 0 Å². The highest BCUT2D eigenvalue weighted by Crippen LogP contribution is 1.79. The Morgan fingerprint density at radius 2 is 2.62 bits per heavy atom. The molecule has 0 bridgehead atoms. The van der Waals surface area contributed by atoms with E-state index >= 15 is 0 Å². The van der Waals surface area contributed by atoms with Gasteiger partial charge in [-0.1, -0.05) is 6.58 Å². The second-order valence-corrected chi connectivity index (χ2v) is 1.37. The minimum Gasteiger partial charge on any atom is -0.244 e. The highest BCUT2D eigenvalue weighted by molar-refractivity contribution is 5.30. The monoisotopic (exact) mass is 107 g/mol. The molecule has 0 radical (unpaired) electrons. The smallest absolute Gasteiger partial charge is 0.244 e. The van der Waals surface area contributed by atoms with Gasteiger partial charge in [0.15, 0.2) is 0 Å². The molecule has 2 heteroatoms. The van der Waals surface area contributed by atoms with Crippen LogP contribution >= 0.6 is 0 Å². The van der Waals surface area contributed by atoms with Crippen LogP contribution in [0, 0.1) is 0 Å². The molecule has 1 N–H and O–H groups in total. The largest absolute Gasteiger partial charge is 0.320 e. The van der Waals surface area contributed by atoms with Crippen LogP contribution in [-0.2, 0) is 0 Å². The molecule has 0 amide bonds. The van der Waals surface area contributed by atoms with Gasteiger partial charge < -0.3 is 0 Å². The van der Waals surface area contributed by atoms with Crippen molar-refractivity contribution >= 4 is 6.08 Å². The molecular weight excluding hydrogens is 100 g/mol. The zero-order chi connectivity index (χ0) is 5.82. The highest BCUT2D eigenvalue weighted by atomic mass is 14.8. The molecule has 0 aromatic carbocycles. The van der Waals surface area contributed by atoms with E-state index in [2.05, 4.69) is 16.5 Å². The lowest BCUT2D eigenvalue weighted by atomic mass is 10.5. The zero-order valence-electron chi connectivity index (χ0n) is 4.46. The van der Waals surface area contributed by atoms with Gasteiger partial charge in [-0.2, -0.15) is 0 Å². The topological polar surface area (TPSA) is 27.0 Å². The first-order valence-electron chi connectivity index (χ1n) is 2.38. The average Bonchev–Trinajstić information content (AvgIpc) is 1.90. The second kappa shape index (κ2) is 2.21. The lowest BCUT2D eigenvalue weighted by Crippen LogP contribution is -2.06. The van der Waals surface area contributed by atoms with Crippen LogP contribution in [0.1, 0.15) is 5.82 Å². The van der Waals surface area contributed by atoms with Crippen molar-refractivity contribution in [2.45, 2.75) is 0 Å². The fourth-order valence-electron chi connectivity index (χ4n) is 0.449. The molecule has 8 heavy (non-hydrogen) atoms. The number of nitrogens with one attached hydrogen (secondary N) is 1. The molecule has 0 saturated heterocycles. The molecular formula is C6H7N2+. The molecule has 0 fully saturated rings. The van der Waals surface area contributed by atoms with Gasteiger partial charge >= 0.3 is 5.82 Å². The summed E-state index contributed by atoms with van der Waals surface area (Å²) in [5, 5.41) is 0. The van der Waals surface area contributed by atoms with Crippen molar-refractivity contribution < 1.29 is 4.98 Å². The molecule has 0 aliphatic rings. The van der Waals surface area contributed by atoms with E-state index in [0.29, 0.717) is 0 Å². The fourth-order valence-corrected chi connectivity index (χ4v) is 0.449. The predicted molar refractivity (Wildman–Crippen MR) is 30.9 cm³/mol. The Kier molecular flexibility index (Phi) is 1.37. The van der Waals surface area contributed by atoms with Gasteiger partial charge in [-0.3, -0.25) is 0 Å². The maximum Gasteiger partial charge on any atom is 0.320 e. The maximum atomic E-state index is 3.92. The van der Waals surface area contributed by atoms with E-state index < -0.39 is 0 Å². The first-order valence-corrected chi connectivity index (χ1v) is 2.38. The molecule has 1 aromatic heterocycles. The van der Waals surface area contributed by atoms with E-state index in [-0.39, 0.29) is 0 Å². The van der Waals surface area contributed by atoms with Crippen LogP contribution in [0.5, 0.6) is 0 Å². The summed E-state index contributed by atoms with van der Waals surface area (Å²) in [7, 11) is 0. The summed E-state index contributed by atoms with van der Waals surface area (Å²) < 4.78 is 0. The van der Waals surface area contributed by atoms with E-state index in [1.54, 1.807) is 12.3 Å². The van der Waals surface area contributed by atoms with Gasteiger partial charge in [0.05, 0.1) is 6.20 Å². The lowest BCUT2D eigenvalue weighted by molar-refractivity contribution is -0.385. The highest BCUT2D eigenvalue weighted by Gasteiger charge is 1.89. The first kappa shape index (κ1) is 4.97. The van der Waals surface area contributed by atoms with Crippen LogP contribution in [0.4, 0.5) is 0 Å². The number of aromatic amines is 1. The van der Waals surface area contributed by atoms with Crippen LogP contribution in [-0.4, -0.2) is 4.98 Å². The Hall–Kier alpha value is -1.18. The summed E-state index contributed by atoms with van der Waals surface area (Å²) in [5.41, 5.74) is 0. The Labute approximate surface area is 47.9 Å². The number of hydrogen-bond acceptors (Lipinski definition) is 1. The molecule has 1 heterocycles. The van der Waals surface area contributed by atoms with Gasteiger partial charge in [0.25, 0.3) is 0 Å². The van der Waals surface area contributed by atoms with Crippen molar-refractivity contribution in [3.63, 3.8) is 0 Å². The first-order chi connectivity index (χ1) is 3.93. The Balaban J connectivity index is 2.99. The van der Waals surface area contributed by atoms with Crippen molar-refractivity contribution in [2.24, 2.45) is 0 Å². The van der Waals surface area contributed by atoms with Gasteiger partial charge in [-0.05, 0) is 4.98 Å². The van der Waals surface area contributed by atoms with Crippen LogP contribution in [0.15, 0.2) is 25.0 Å². The van der Waals surface area contributed by atoms with Crippen molar-refractivity contribution in [2.75, 3.05) is 0 Å². The van der Waals surface area contributed by atoms with Gasteiger partial charge in [0.1, 0.15) is 6.20 Å². The van der Waals surface area contributed by atoms with E-state index in [4.69, 9.17) is 0 Å². The number of aromatic nitrogens is 2. The second-order valence-electron chi connectivity index (χ2n) is 1.37. The number of H-pyrrole nitrogens is 1. The third-order valence-electron chi connectivity index (χ3n) is 0.820. The molecule has 0 saturated carbocycles.